The molecule has 0 aliphatic heterocycles. The van der Waals surface area contributed by atoms with Gasteiger partial charge in [0.1, 0.15) is 5.75 Å². The van der Waals surface area contributed by atoms with Gasteiger partial charge in [-0.25, -0.2) is 0 Å². The van der Waals surface area contributed by atoms with Gasteiger partial charge in [0.2, 0.25) is 0 Å². The zero-order valence-electron chi connectivity index (χ0n) is 9.72. The van der Waals surface area contributed by atoms with Gasteiger partial charge >= 0.3 is 0 Å². The summed E-state index contributed by atoms with van der Waals surface area (Å²) in [7, 11) is 1.83. The fraction of sp³-hybridized carbons (Fsp3) is 0.250. The highest BCUT2D eigenvalue weighted by molar-refractivity contribution is 6.32. The van der Waals surface area contributed by atoms with Crippen LogP contribution in [0.1, 0.15) is 18.5 Å². The van der Waals surface area contributed by atoms with E-state index >= 15 is 0 Å². The Morgan fingerprint density at radius 2 is 2.24 bits per heavy atom. The first kappa shape index (κ1) is 12.0. The summed E-state index contributed by atoms with van der Waals surface area (Å²) < 4.78 is 7.27. The van der Waals surface area contributed by atoms with Crippen LogP contribution < -0.4 is 10.5 Å². The molecule has 1 atom stereocenters. The van der Waals surface area contributed by atoms with Crippen LogP contribution in [0.3, 0.4) is 0 Å². The van der Waals surface area contributed by atoms with Crippen LogP contribution in [-0.4, -0.2) is 9.78 Å². The number of aromatic nitrogens is 2. The molecule has 2 aromatic rings. The van der Waals surface area contributed by atoms with Crippen LogP contribution in [0.4, 0.5) is 0 Å². The maximum Gasteiger partial charge on any atom is 0.165 e. The molecule has 0 spiro atoms. The highest BCUT2D eigenvalue weighted by Gasteiger charge is 2.07. The molecule has 0 saturated carbocycles. The van der Waals surface area contributed by atoms with Gasteiger partial charge in [-0.15, -0.1) is 0 Å². The Morgan fingerprint density at radius 1 is 1.47 bits per heavy atom. The maximum atomic E-state index is 6.12. The van der Waals surface area contributed by atoms with E-state index in [1.165, 1.54) is 0 Å². The summed E-state index contributed by atoms with van der Waals surface area (Å²) in [4.78, 5) is 0. The maximum absolute atomic E-state index is 6.12. The van der Waals surface area contributed by atoms with E-state index < -0.39 is 0 Å². The van der Waals surface area contributed by atoms with Crippen molar-refractivity contribution in [2.45, 2.75) is 13.0 Å². The van der Waals surface area contributed by atoms with Gasteiger partial charge in [0.15, 0.2) is 5.75 Å². The van der Waals surface area contributed by atoms with Crippen molar-refractivity contribution in [3.8, 4) is 11.5 Å². The number of nitrogens with zero attached hydrogens (tertiary/aromatic N) is 2. The molecule has 1 aromatic carbocycles. The number of ether oxygens (including phenoxy) is 1. The Morgan fingerprint density at radius 3 is 2.76 bits per heavy atom. The first-order chi connectivity index (χ1) is 8.06. The van der Waals surface area contributed by atoms with Gasteiger partial charge in [-0.05, 0) is 24.6 Å². The van der Waals surface area contributed by atoms with Gasteiger partial charge in [-0.3, -0.25) is 4.68 Å². The summed E-state index contributed by atoms with van der Waals surface area (Å²) in [6.07, 6.45) is 3.41. The number of hydrogen-bond acceptors (Lipinski definition) is 3. The lowest BCUT2D eigenvalue weighted by Crippen LogP contribution is -2.04. The third-order valence-corrected chi connectivity index (χ3v) is 2.69. The van der Waals surface area contributed by atoms with Crippen molar-refractivity contribution in [1.29, 1.82) is 0 Å². The summed E-state index contributed by atoms with van der Waals surface area (Å²) in [6.45, 7) is 1.91. The van der Waals surface area contributed by atoms with Gasteiger partial charge in [0.25, 0.3) is 0 Å². The SMILES string of the molecule is CC(N)c1ccc(Oc2cnn(C)c2)c(Cl)c1. The highest BCUT2D eigenvalue weighted by Crippen LogP contribution is 2.30. The Bertz CT molecular complexity index is 522. The average Bonchev–Trinajstić information content (AvgIpc) is 2.67. The topological polar surface area (TPSA) is 53.1 Å². The molecule has 0 radical (unpaired) electrons. The third-order valence-electron chi connectivity index (χ3n) is 2.39. The molecule has 0 saturated heterocycles. The molecule has 90 valence electrons. The van der Waals surface area contributed by atoms with E-state index in [0.717, 1.165) is 5.56 Å². The smallest absolute Gasteiger partial charge is 0.165 e. The predicted molar refractivity (Wildman–Crippen MR) is 67.3 cm³/mol. The fourth-order valence-electron chi connectivity index (χ4n) is 1.46. The van der Waals surface area contributed by atoms with E-state index in [1.807, 2.05) is 32.2 Å². The van der Waals surface area contributed by atoms with Crippen molar-refractivity contribution in [3.63, 3.8) is 0 Å². The second-order valence-corrected chi connectivity index (χ2v) is 4.34. The largest absolute Gasteiger partial charge is 0.452 e. The van der Waals surface area contributed by atoms with E-state index in [2.05, 4.69) is 5.10 Å². The van der Waals surface area contributed by atoms with Gasteiger partial charge in [0.05, 0.1) is 17.4 Å². The molecule has 5 heteroatoms. The minimum atomic E-state index is -0.0417. The van der Waals surface area contributed by atoms with Crippen molar-refractivity contribution in [2.75, 3.05) is 0 Å². The second-order valence-electron chi connectivity index (χ2n) is 3.93. The molecular formula is C12H14ClN3O. The van der Waals surface area contributed by atoms with Gasteiger partial charge in [-0.1, -0.05) is 17.7 Å². The van der Waals surface area contributed by atoms with E-state index in [0.29, 0.717) is 16.5 Å². The van der Waals surface area contributed by atoms with Crippen LogP contribution in [-0.2, 0) is 7.05 Å². The van der Waals surface area contributed by atoms with Gasteiger partial charge in [0, 0.05) is 13.1 Å². The molecule has 1 unspecified atom stereocenters. The van der Waals surface area contributed by atoms with Crippen molar-refractivity contribution in [2.24, 2.45) is 12.8 Å². The van der Waals surface area contributed by atoms with Gasteiger partial charge < -0.3 is 10.5 Å². The summed E-state index contributed by atoms with van der Waals surface area (Å²) in [6, 6.07) is 5.49. The first-order valence-electron chi connectivity index (χ1n) is 5.28. The van der Waals surface area contributed by atoms with Crippen molar-refractivity contribution >= 4 is 11.6 Å². The highest BCUT2D eigenvalue weighted by atomic mass is 35.5. The zero-order valence-corrected chi connectivity index (χ0v) is 10.5. The molecule has 2 N–H and O–H groups in total. The zero-order chi connectivity index (χ0) is 12.4. The van der Waals surface area contributed by atoms with Crippen LogP contribution in [0.15, 0.2) is 30.6 Å². The number of nitrogens with two attached hydrogens (primary N) is 1. The van der Waals surface area contributed by atoms with Gasteiger partial charge in [-0.2, -0.15) is 5.10 Å². The Kier molecular flexibility index (Phi) is 3.36. The molecule has 0 fully saturated rings. The molecule has 2 rings (SSSR count). The molecular weight excluding hydrogens is 238 g/mol. The van der Waals surface area contributed by atoms with Crippen LogP contribution >= 0.6 is 11.6 Å². The summed E-state index contributed by atoms with van der Waals surface area (Å²) in [5.74, 6) is 1.26. The van der Waals surface area contributed by atoms with Crippen LogP contribution in [0.25, 0.3) is 0 Å². The van der Waals surface area contributed by atoms with E-state index in [1.54, 1.807) is 17.1 Å². The first-order valence-corrected chi connectivity index (χ1v) is 5.65. The molecule has 17 heavy (non-hydrogen) atoms. The summed E-state index contributed by atoms with van der Waals surface area (Å²) >= 11 is 6.12. The van der Waals surface area contributed by atoms with Crippen molar-refractivity contribution < 1.29 is 4.74 Å². The van der Waals surface area contributed by atoms with E-state index in [9.17, 15) is 0 Å². The quantitative estimate of drug-likeness (QED) is 0.913. The molecule has 0 aliphatic rings. The number of rotatable bonds is 3. The lowest BCUT2D eigenvalue weighted by Gasteiger charge is -2.09. The van der Waals surface area contributed by atoms with Crippen molar-refractivity contribution in [3.05, 3.63) is 41.2 Å². The second kappa shape index (κ2) is 4.77. The van der Waals surface area contributed by atoms with E-state index in [-0.39, 0.29) is 6.04 Å². The minimum absolute atomic E-state index is 0.0417. The molecule has 0 bridgehead atoms. The third kappa shape index (κ3) is 2.78. The molecule has 4 nitrogen and oxygen atoms in total. The minimum Gasteiger partial charge on any atom is -0.452 e. The fourth-order valence-corrected chi connectivity index (χ4v) is 1.69. The Labute approximate surface area is 105 Å². The van der Waals surface area contributed by atoms with E-state index in [4.69, 9.17) is 22.1 Å². The normalized spacial score (nSPS) is 12.5. The van der Waals surface area contributed by atoms with Crippen LogP contribution in [0, 0.1) is 0 Å². The summed E-state index contributed by atoms with van der Waals surface area (Å²) in [5, 5.41) is 4.56. The van der Waals surface area contributed by atoms with Crippen molar-refractivity contribution in [1.82, 2.24) is 9.78 Å². The lowest BCUT2D eigenvalue weighted by atomic mass is 10.1. The number of halogens is 1. The number of aryl methyl sites for hydroxylation is 1. The Hall–Kier alpha value is -1.52. The molecule has 1 aromatic heterocycles. The average molecular weight is 252 g/mol. The van der Waals surface area contributed by atoms with Crippen LogP contribution in [0.2, 0.25) is 5.02 Å². The van der Waals surface area contributed by atoms with Crippen LogP contribution in [0.5, 0.6) is 11.5 Å². The lowest BCUT2D eigenvalue weighted by molar-refractivity contribution is 0.482. The predicted octanol–water partition coefficient (Wildman–Crippen LogP) is 2.89. The molecule has 0 amide bonds. The standard InChI is InChI=1S/C12H14ClN3O/c1-8(14)9-3-4-12(11(13)5-9)17-10-6-15-16(2)7-10/h3-8H,14H2,1-2H3. The number of benzene rings is 1. The monoisotopic (exact) mass is 251 g/mol. The number of hydrogen-bond donors (Lipinski definition) is 1. The molecule has 0 aliphatic carbocycles. The summed E-state index contributed by atoms with van der Waals surface area (Å²) in [5.41, 5.74) is 6.76. The molecule has 1 heterocycles. The Balaban J connectivity index is 2.22.